The summed E-state index contributed by atoms with van der Waals surface area (Å²) in [5.74, 6) is 0.494. The zero-order chi connectivity index (χ0) is 10.1. The van der Waals surface area contributed by atoms with E-state index in [2.05, 4.69) is 27.8 Å². The zero-order valence-corrected chi connectivity index (χ0v) is 8.89. The monoisotopic (exact) mass is 212 g/mol. The normalized spacial score (nSPS) is 24.4. The lowest BCUT2D eigenvalue weighted by Crippen LogP contribution is -2.26. The molecule has 2 unspecified atom stereocenters. The minimum atomic E-state index is -0.113. The van der Waals surface area contributed by atoms with Crippen LogP contribution in [0.2, 0.25) is 0 Å². The molecule has 2 N–H and O–H groups in total. The number of anilines is 1. The molecular weight excluding hydrogens is 200 g/mol. The Hall–Kier alpha value is -1.17. The fourth-order valence-corrected chi connectivity index (χ4v) is 1.77. The highest BCUT2D eigenvalue weighted by Gasteiger charge is 2.34. The first-order chi connectivity index (χ1) is 6.70. The van der Waals surface area contributed by atoms with Crippen molar-refractivity contribution >= 4 is 22.4 Å². The SMILES string of the molecule is CNc1nnc(C(=O)NC2CC2C)s1. The van der Waals surface area contributed by atoms with E-state index in [1.165, 1.54) is 11.3 Å². The first-order valence-electron chi connectivity index (χ1n) is 4.53. The molecule has 76 valence electrons. The Morgan fingerprint density at radius 2 is 2.29 bits per heavy atom. The summed E-state index contributed by atoms with van der Waals surface area (Å²) in [6.07, 6.45) is 1.07. The van der Waals surface area contributed by atoms with E-state index >= 15 is 0 Å². The van der Waals surface area contributed by atoms with E-state index in [1.807, 2.05) is 0 Å². The van der Waals surface area contributed by atoms with Crippen LogP contribution in [0.3, 0.4) is 0 Å². The van der Waals surface area contributed by atoms with E-state index in [4.69, 9.17) is 0 Å². The second-order valence-corrected chi connectivity index (χ2v) is 4.43. The first kappa shape index (κ1) is 9.39. The smallest absolute Gasteiger partial charge is 0.282 e. The molecule has 0 radical (unpaired) electrons. The number of amides is 1. The van der Waals surface area contributed by atoms with Crippen molar-refractivity contribution in [1.29, 1.82) is 0 Å². The second kappa shape index (κ2) is 3.53. The zero-order valence-electron chi connectivity index (χ0n) is 8.07. The molecule has 1 aliphatic rings. The maximum Gasteiger partial charge on any atom is 0.282 e. The summed E-state index contributed by atoms with van der Waals surface area (Å²) in [7, 11) is 1.76. The molecule has 1 heterocycles. The average molecular weight is 212 g/mol. The number of nitrogens with zero attached hydrogens (tertiary/aromatic N) is 2. The number of hydrogen-bond acceptors (Lipinski definition) is 5. The molecule has 1 aliphatic carbocycles. The summed E-state index contributed by atoms with van der Waals surface area (Å²) in [6, 6.07) is 0.337. The van der Waals surface area contributed by atoms with Gasteiger partial charge in [0, 0.05) is 13.1 Å². The van der Waals surface area contributed by atoms with Gasteiger partial charge in [-0.25, -0.2) is 0 Å². The molecule has 0 aliphatic heterocycles. The van der Waals surface area contributed by atoms with Crippen molar-refractivity contribution in [1.82, 2.24) is 15.5 Å². The number of hydrogen-bond donors (Lipinski definition) is 2. The summed E-state index contributed by atoms with van der Waals surface area (Å²) < 4.78 is 0. The quantitative estimate of drug-likeness (QED) is 0.774. The lowest BCUT2D eigenvalue weighted by molar-refractivity contribution is 0.0948. The third-order valence-corrected chi connectivity index (χ3v) is 3.20. The van der Waals surface area contributed by atoms with Gasteiger partial charge in [-0.1, -0.05) is 18.3 Å². The fraction of sp³-hybridized carbons (Fsp3) is 0.625. The molecule has 2 atom stereocenters. The molecule has 0 saturated heterocycles. The van der Waals surface area contributed by atoms with E-state index in [0.717, 1.165) is 6.42 Å². The van der Waals surface area contributed by atoms with Gasteiger partial charge in [0.15, 0.2) is 0 Å². The molecule has 14 heavy (non-hydrogen) atoms. The van der Waals surface area contributed by atoms with Crippen molar-refractivity contribution in [2.75, 3.05) is 12.4 Å². The number of carbonyl (C=O) groups excluding carboxylic acids is 1. The third kappa shape index (κ3) is 1.84. The Bertz CT molecular complexity index is 351. The Kier molecular flexibility index (Phi) is 2.37. The van der Waals surface area contributed by atoms with Gasteiger partial charge in [-0.15, -0.1) is 10.2 Å². The lowest BCUT2D eigenvalue weighted by Gasteiger charge is -1.98. The van der Waals surface area contributed by atoms with E-state index in [1.54, 1.807) is 7.05 Å². The number of aromatic nitrogens is 2. The molecule has 1 amide bonds. The molecular formula is C8H12N4OS. The summed E-state index contributed by atoms with van der Waals surface area (Å²) in [4.78, 5) is 11.5. The van der Waals surface area contributed by atoms with Crippen LogP contribution in [-0.2, 0) is 0 Å². The highest BCUT2D eigenvalue weighted by atomic mass is 32.1. The minimum Gasteiger partial charge on any atom is -0.363 e. The Morgan fingerprint density at radius 3 is 2.79 bits per heavy atom. The van der Waals surface area contributed by atoms with Crippen LogP contribution in [0.1, 0.15) is 23.1 Å². The standard InChI is InChI=1S/C8H12N4OS/c1-4-3-5(4)10-6(13)7-11-12-8(9-2)14-7/h4-5H,3H2,1-2H3,(H,9,12)(H,10,13). The lowest BCUT2D eigenvalue weighted by atomic mass is 10.5. The molecule has 2 rings (SSSR count). The maximum atomic E-state index is 11.5. The second-order valence-electron chi connectivity index (χ2n) is 3.46. The predicted octanol–water partition coefficient (Wildman–Crippen LogP) is 0.718. The van der Waals surface area contributed by atoms with Gasteiger partial charge in [0.2, 0.25) is 10.1 Å². The van der Waals surface area contributed by atoms with Crippen LogP contribution in [0.15, 0.2) is 0 Å². The largest absolute Gasteiger partial charge is 0.363 e. The van der Waals surface area contributed by atoms with E-state index in [9.17, 15) is 4.79 Å². The first-order valence-corrected chi connectivity index (χ1v) is 5.34. The summed E-state index contributed by atoms with van der Waals surface area (Å²) in [5.41, 5.74) is 0. The van der Waals surface area contributed by atoms with Crippen LogP contribution in [0, 0.1) is 5.92 Å². The maximum absolute atomic E-state index is 11.5. The molecule has 5 nitrogen and oxygen atoms in total. The number of nitrogens with one attached hydrogen (secondary N) is 2. The van der Waals surface area contributed by atoms with Crippen molar-refractivity contribution in [3.63, 3.8) is 0 Å². The van der Waals surface area contributed by atoms with E-state index in [0.29, 0.717) is 22.1 Å². The highest BCUT2D eigenvalue weighted by molar-refractivity contribution is 7.17. The Balaban J connectivity index is 1.96. The number of rotatable bonds is 3. The molecule has 6 heteroatoms. The van der Waals surface area contributed by atoms with Gasteiger partial charge < -0.3 is 10.6 Å². The molecule has 0 aromatic carbocycles. The van der Waals surface area contributed by atoms with Crippen molar-refractivity contribution in [3.05, 3.63) is 5.01 Å². The van der Waals surface area contributed by atoms with Crippen LogP contribution in [0.5, 0.6) is 0 Å². The van der Waals surface area contributed by atoms with Gasteiger partial charge in [-0.3, -0.25) is 4.79 Å². The Morgan fingerprint density at radius 1 is 1.57 bits per heavy atom. The van der Waals surface area contributed by atoms with Crippen LogP contribution in [-0.4, -0.2) is 29.2 Å². The van der Waals surface area contributed by atoms with Gasteiger partial charge in [0.05, 0.1) is 0 Å². The van der Waals surface area contributed by atoms with Crippen molar-refractivity contribution in [2.24, 2.45) is 5.92 Å². The van der Waals surface area contributed by atoms with Crippen LogP contribution >= 0.6 is 11.3 Å². The van der Waals surface area contributed by atoms with Gasteiger partial charge >= 0.3 is 0 Å². The van der Waals surface area contributed by atoms with Crippen LogP contribution in [0.4, 0.5) is 5.13 Å². The van der Waals surface area contributed by atoms with Gasteiger partial charge in [0.25, 0.3) is 5.91 Å². The van der Waals surface area contributed by atoms with Gasteiger partial charge in [0.1, 0.15) is 0 Å². The van der Waals surface area contributed by atoms with Gasteiger partial charge in [-0.2, -0.15) is 0 Å². The highest BCUT2D eigenvalue weighted by Crippen LogP contribution is 2.29. The number of carbonyl (C=O) groups is 1. The third-order valence-electron chi connectivity index (χ3n) is 2.26. The van der Waals surface area contributed by atoms with Crippen molar-refractivity contribution in [2.45, 2.75) is 19.4 Å². The summed E-state index contributed by atoms with van der Waals surface area (Å²) in [5, 5.41) is 14.4. The summed E-state index contributed by atoms with van der Waals surface area (Å²) >= 11 is 1.27. The van der Waals surface area contributed by atoms with E-state index < -0.39 is 0 Å². The van der Waals surface area contributed by atoms with Crippen molar-refractivity contribution in [3.8, 4) is 0 Å². The predicted molar refractivity (Wildman–Crippen MR) is 54.5 cm³/mol. The average Bonchev–Trinajstić information content (AvgIpc) is 2.72. The van der Waals surface area contributed by atoms with Crippen LogP contribution in [0.25, 0.3) is 0 Å². The topological polar surface area (TPSA) is 66.9 Å². The molecule has 1 aromatic rings. The Labute approximate surface area is 85.9 Å². The molecule has 1 saturated carbocycles. The summed E-state index contributed by atoms with van der Waals surface area (Å²) in [6.45, 7) is 2.12. The molecule has 1 fully saturated rings. The van der Waals surface area contributed by atoms with Crippen LogP contribution < -0.4 is 10.6 Å². The van der Waals surface area contributed by atoms with Crippen molar-refractivity contribution < 1.29 is 4.79 Å². The minimum absolute atomic E-state index is 0.113. The van der Waals surface area contributed by atoms with Gasteiger partial charge in [-0.05, 0) is 12.3 Å². The fourth-order valence-electron chi connectivity index (χ4n) is 1.17. The van der Waals surface area contributed by atoms with E-state index in [-0.39, 0.29) is 5.91 Å². The molecule has 1 aromatic heterocycles. The molecule has 0 bridgehead atoms. The molecule has 0 spiro atoms.